The lowest BCUT2D eigenvalue weighted by molar-refractivity contribution is 0.252. The van der Waals surface area contributed by atoms with Crippen LogP contribution >= 0.6 is 11.6 Å². The van der Waals surface area contributed by atoms with Crippen molar-refractivity contribution in [3.63, 3.8) is 0 Å². The maximum absolute atomic E-state index is 12.0. The summed E-state index contributed by atoms with van der Waals surface area (Å²) in [7, 11) is 0. The predicted molar refractivity (Wildman–Crippen MR) is 105 cm³/mol. The normalized spacial score (nSPS) is 13.5. The van der Waals surface area contributed by atoms with Crippen molar-refractivity contribution in [1.29, 1.82) is 0 Å². The molecule has 2 aromatic rings. The Morgan fingerprint density at radius 1 is 1.23 bits per heavy atom. The number of anilines is 3. The van der Waals surface area contributed by atoms with Crippen LogP contribution in [0.25, 0.3) is 0 Å². The van der Waals surface area contributed by atoms with Crippen LogP contribution in [0.1, 0.15) is 18.4 Å². The number of amides is 2. The minimum atomic E-state index is -0.266. The zero-order chi connectivity index (χ0) is 18.4. The first-order valence-corrected chi connectivity index (χ1v) is 9.12. The van der Waals surface area contributed by atoms with Crippen LogP contribution in [0, 0.1) is 6.92 Å². The summed E-state index contributed by atoms with van der Waals surface area (Å²) in [4.78, 5) is 22.8. The summed E-state index contributed by atoms with van der Waals surface area (Å²) < 4.78 is 0. The van der Waals surface area contributed by atoms with Gasteiger partial charge < -0.3 is 20.9 Å². The lowest BCUT2D eigenvalue weighted by Gasteiger charge is -2.16. The van der Waals surface area contributed by atoms with Gasteiger partial charge in [0.05, 0.1) is 0 Å². The number of rotatable bonds is 6. The highest BCUT2D eigenvalue weighted by Crippen LogP contribution is 2.22. The molecule has 7 nitrogen and oxygen atoms in total. The molecule has 0 spiro atoms. The molecule has 1 saturated heterocycles. The summed E-state index contributed by atoms with van der Waals surface area (Å²) in [6, 6.07) is 7.10. The van der Waals surface area contributed by atoms with Gasteiger partial charge in [-0.05, 0) is 37.5 Å². The van der Waals surface area contributed by atoms with Crippen LogP contribution < -0.4 is 20.9 Å². The molecule has 1 aliphatic rings. The maximum Gasteiger partial charge on any atom is 0.319 e. The van der Waals surface area contributed by atoms with E-state index in [2.05, 4.69) is 30.8 Å². The molecule has 1 aliphatic heterocycles. The highest BCUT2D eigenvalue weighted by atomic mass is 35.5. The number of nitrogens with one attached hydrogen (secondary N) is 3. The van der Waals surface area contributed by atoms with E-state index in [0.29, 0.717) is 23.8 Å². The highest BCUT2D eigenvalue weighted by molar-refractivity contribution is 6.31. The molecule has 1 fully saturated rings. The van der Waals surface area contributed by atoms with Crippen molar-refractivity contribution in [2.75, 3.05) is 41.7 Å². The molecular formula is C18H23ClN6O. The zero-order valence-corrected chi connectivity index (χ0v) is 15.5. The second kappa shape index (κ2) is 8.71. The molecule has 2 amide bonds. The molecule has 3 N–H and O–H groups in total. The zero-order valence-electron chi connectivity index (χ0n) is 14.8. The van der Waals surface area contributed by atoms with Crippen LogP contribution in [0.4, 0.5) is 22.1 Å². The van der Waals surface area contributed by atoms with Gasteiger partial charge in [-0.25, -0.2) is 14.8 Å². The SMILES string of the molecule is Cc1c(Cl)cccc1NC(=O)NCCNc1cc(N2CCCC2)ncn1. The van der Waals surface area contributed by atoms with Gasteiger partial charge in [-0.15, -0.1) is 0 Å². The molecule has 0 aliphatic carbocycles. The molecule has 1 aromatic heterocycles. The average molecular weight is 375 g/mol. The fourth-order valence-electron chi connectivity index (χ4n) is 2.84. The number of halogens is 1. The molecule has 138 valence electrons. The summed E-state index contributed by atoms with van der Waals surface area (Å²) in [5.74, 6) is 1.71. The lowest BCUT2D eigenvalue weighted by Crippen LogP contribution is -2.33. The van der Waals surface area contributed by atoms with Gasteiger partial charge in [-0.1, -0.05) is 17.7 Å². The second-order valence-corrected chi connectivity index (χ2v) is 6.58. The Morgan fingerprint density at radius 2 is 2.04 bits per heavy atom. The van der Waals surface area contributed by atoms with Crippen molar-refractivity contribution in [3.05, 3.63) is 41.2 Å². The van der Waals surface area contributed by atoms with Crippen molar-refractivity contribution in [3.8, 4) is 0 Å². The number of nitrogens with zero attached hydrogens (tertiary/aromatic N) is 3. The Hall–Kier alpha value is -2.54. The molecule has 1 aromatic carbocycles. The van der Waals surface area contributed by atoms with Crippen LogP contribution in [0.5, 0.6) is 0 Å². The Balaban J connectivity index is 1.43. The minimum absolute atomic E-state index is 0.266. The second-order valence-electron chi connectivity index (χ2n) is 6.18. The number of aromatic nitrogens is 2. The molecule has 0 radical (unpaired) electrons. The summed E-state index contributed by atoms with van der Waals surface area (Å²) >= 11 is 6.05. The summed E-state index contributed by atoms with van der Waals surface area (Å²) in [5.41, 5.74) is 1.55. The van der Waals surface area contributed by atoms with E-state index in [4.69, 9.17) is 11.6 Å². The van der Waals surface area contributed by atoms with Gasteiger partial charge in [-0.2, -0.15) is 0 Å². The standard InChI is InChI=1S/C18H23ClN6O/c1-13-14(19)5-4-6-15(13)24-18(26)21-8-7-20-16-11-17(23-12-22-16)25-9-2-3-10-25/h4-6,11-12H,2-3,7-10H2,1H3,(H,20,22,23)(H2,21,24,26). The van der Waals surface area contributed by atoms with Crippen molar-refractivity contribution in [2.24, 2.45) is 0 Å². The van der Waals surface area contributed by atoms with Crippen molar-refractivity contribution < 1.29 is 4.79 Å². The molecule has 8 heteroatoms. The van der Waals surface area contributed by atoms with Crippen LogP contribution in [-0.4, -0.2) is 42.2 Å². The highest BCUT2D eigenvalue weighted by Gasteiger charge is 2.13. The molecule has 0 bridgehead atoms. The van der Waals surface area contributed by atoms with E-state index in [-0.39, 0.29) is 6.03 Å². The average Bonchev–Trinajstić information content (AvgIpc) is 3.18. The molecule has 26 heavy (non-hydrogen) atoms. The summed E-state index contributed by atoms with van der Waals surface area (Å²) in [6.07, 6.45) is 3.98. The summed E-state index contributed by atoms with van der Waals surface area (Å²) in [6.45, 7) is 4.99. The maximum atomic E-state index is 12.0. The number of urea groups is 1. The van der Waals surface area contributed by atoms with Gasteiger partial charge in [0.2, 0.25) is 0 Å². The van der Waals surface area contributed by atoms with Gasteiger partial charge >= 0.3 is 6.03 Å². The molecule has 0 atom stereocenters. The number of carbonyl (C=O) groups excluding carboxylic acids is 1. The monoisotopic (exact) mass is 374 g/mol. The first kappa shape index (κ1) is 18.3. The number of carbonyl (C=O) groups is 1. The smallest absolute Gasteiger partial charge is 0.319 e. The Kier molecular flexibility index (Phi) is 6.12. The van der Waals surface area contributed by atoms with Crippen molar-refractivity contribution in [1.82, 2.24) is 15.3 Å². The molecule has 3 rings (SSSR count). The Bertz CT molecular complexity index is 763. The minimum Gasteiger partial charge on any atom is -0.368 e. The third kappa shape index (κ3) is 4.76. The number of hydrogen-bond donors (Lipinski definition) is 3. The van der Waals surface area contributed by atoms with Crippen LogP contribution in [-0.2, 0) is 0 Å². The molecule has 2 heterocycles. The van der Waals surface area contributed by atoms with E-state index < -0.39 is 0 Å². The topological polar surface area (TPSA) is 82.2 Å². The fraction of sp³-hybridized carbons (Fsp3) is 0.389. The molecule has 0 unspecified atom stereocenters. The first-order valence-electron chi connectivity index (χ1n) is 8.74. The van der Waals surface area contributed by atoms with Crippen molar-refractivity contribution in [2.45, 2.75) is 19.8 Å². The van der Waals surface area contributed by atoms with Gasteiger partial charge in [-0.3, -0.25) is 0 Å². The molecular weight excluding hydrogens is 352 g/mol. The quantitative estimate of drug-likeness (QED) is 0.676. The first-order chi connectivity index (χ1) is 12.6. The van der Waals surface area contributed by atoms with Crippen LogP contribution in [0.15, 0.2) is 30.6 Å². The van der Waals surface area contributed by atoms with E-state index in [1.165, 1.54) is 12.8 Å². The molecule has 0 saturated carbocycles. The van der Waals surface area contributed by atoms with Gasteiger partial charge in [0.1, 0.15) is 18.0 Å². The van der Waals surface area contributed by atoms with Gasteiger partial charge in [0.15, 0.2) is 0 Å². The van der Waals surface area contributed by atoms with E-state index in [1.807, 2.05) is 19.1 Å². The summed E-state index contributed by atoms with van der Waals surface area (Å²) in [5, 5.41) is 9.44. The van der Waals surface area contributed by atoms with E-state index in [1.54, 1.807) is 18.5 Å². The number of hydrogen-bond acceptors (Lipinski definition) is 5. The van der Waals surface area contributed by atoms with Crippen molar-refractivity contribution >= 4 is 35.0 Å². The lowest BCUT2D eigenvalue weighted by atomic mass is 10.2. The van der Waals surface area contributed by atoms with E-state index in [9.17, 15) is 4.79 Å². The van der Waals surface area contributed by atoms with E-state index >= 15 is 0 Å². The Labute approximate surface area is 158 Å². The Morgan fingerprint density at radius 3 is 2.85 bits per heavy atom. The fourth-order valence-corrected chi connectivity index (χ4v) is 3.01. The third-order valence-corrected chi connectivity index (χ3v) is 4.72. The van der Waals surface area contributed by atoms with Crippen LogP contribution in [0.2, 0.25) is 5.02 Å². The predicted octanol–water partition coefficient (Wildman–Crippen LogP) is 3.27. The third-order valence-electron chi connectivity index (χ3n) is 4.32. The van der Waals surface area contributed by atoms with Gasteiger partial charge in [0, 0.05) is 43.0 Å². The largest absolute Gasteiger partial charge is 0.368 e. The number of benzene rings is 1. The van der Waals surface area contributed by atoms with E-state index in [0.717, 1.165) is 30.3 Å². The van der Waals surface area contributed by atoms with Gasteiger partial charge in [0.25, 0.3) is 0 Å². The van der Waals surface area contributed by atoms with Crippen LogP contribution in [0.3, 0.4) is 0 Å².